The van der Waals surface area contributed by atoms with E-state index in [0.717, 1.165) is 117 Å². The number of unbranched alkanes of at least 4 members (excludes halogenated alkanes) is 2. The molecule has 282 valence electrons. The summed E-state index contributed by atoms with van der Waals surface area (Å²) in [7, 11) is 0. The molecule has 0 saturated heterocycles. The molecular weight excluding hydrogens is 673 g/mol. The molecule has 0 spiro atoms. The molecule has 6 rings (SSSR count). The Kier molecular flexibility index (Phi) is 12.7. The van der Waals surface area contributed by atoms with Gasteiger partial charge in [0.1, 0.15) is 11.5 Å². The highest BCUT2D eigenvalue weighted by molar-refractivity contribution is 6.27. The van der Waals surface area contributed by atoms with E-state index in [1.165, 1.54) is 0 Å². The quantitative estimate of drug-likeness (QED) is 0.0596. The summed E-state index contributed by atoms with van der Waals surface area (Å²) in [6, 6.07) is 28.4. The normalized spacial score (nSPS) is 12.6. The number of hydrogen-bond donors (Lipinski definition) is 0. The number of carbonyl (C=O) groups is 2. The predicted molar refractivity (Wildman–Crippen MR) is 222 cm³/mol. The van der Waals surface area contributed by atoms with Crippen LogP contribution in [0.25, 0.3) is 54.2 Å². The largest absolute Gasteiger partial charge is 0.513 e. The Morgan fingerprint density at radius 3 is 1.24 bits per heavy atom. The Morgan fingerprint density at radius 1 is 0.500 bits per heavy atom. The van der Waals surface area contributed by atoms with Gasteiger partial charge in [-0.15, -0.1) is 0 Å². The number of carbonyl (C=O) groups excluding carboxylic acids is 2. The van der Waals surface area contributed by atoms with Crippen LogP contribution in [0.5, 0.6) is 11.5 Å². The molecular formula is C48H54O6. The van der Waals surface area contributed by atoms with Crippen LogP contribution in [0.1, 0.15) is 90.2 Å². The molecule has 0 aliphatic heterocycles. The molecule has 0 bridgehead atoms. The average Bonchev–Trinajstić information content (AvgIpc) is 3.19. The first-order valence-corrected chi connectivity index (χ1v) is 19.9. The molecule has 0 N–H and O–H groups in total. The number of fused-ring (bicyclic) bond motifs is 4. The Hall–Kier alpha value is -5.10. The van der Waals surface area contributed by atoms with Crippen LogP contribution in [0.15, 0.2) is 84.9 Å². The van der Waals surface area contributed by atoms with Crippen LogP contribution < -0.4 is 9.47 Å². The van der Waals surface area contributed by atoms with Crippen molar-refractivity contribution in [1.29, 1.82) is 0 Å². The van der Waals surface area contributed by atoms with Gasteiger partial charge >= 0.3 is 12.3 Å². The summed E-state index contributed by atoms with van der Waals surface area (Å²) < 4.78 is 23.9. The fraction of sp³-hybridized carbons (Fsp3) is 0.375. The van der Waals surface area contributed by atoms with Crippen molar-refractivity contribution in [1.82, 2.24) is 0 Å². The van der Waals surface area contributed by atoms with E-state index in [2.05, 4.69) is 65.8 Å². The lowest BCUT2D eigenvalue weighted by Crippen LogP contribution is -2.17. The minimum absolute atomic E-state index is 0.299. The zero-order valence-electron chi connectivity index (χ0n) is 32.8. The van der Waals surface area contributed by atoms with E-state index in [1.807, 2.05) is 60.7 Å². The van der Waals surface area contributed by atoms with E-state index >= 15 is 0 Å². The van der Waals surface area contributed by atoms with Crippen molar-refractivity contribution in [3.05, 3.63) is 96.1 Å². The second kappa shape index (κ2) is 17.8. The lowest BCUT2D eigenvalue weighted by molar-refractivity contribution is 0.0811. The lowest BCUT2D eigenvalue weighted by Gasteiger charge is -2.23. The van der Waals surface area contributed by atoms with Crippen molar-refractivity contribution in [3.63, 3.8) is 0 Å². The van der Waals surface area contributed by atoms with Crippen LogP contribution in [0, 0.1) is 25.7 Å². The third-order valence-electron chi connectivity index (χ3n) is 11.0. The topological polar surface area (TPSA) is 71.1 Å². The standard InChI is InChI=1S/C48H54O6/c1-7-11-21-33(9-3)29-51-47(49)53-45-37-25-15-13-23-35(37)43(41-31(5)19-17-27-39(41)45)44-36-24-14-16-26-38(36)46(40-28-18-20-32(6)42(40)44)54-48(50)52-30-34(10-4)22-12-8-2/h13-20,23-28,33-34H,7-12,21-22,29-30H2,1-6H3. The van der Waals surface area contributed by atoms with Crippen molar-refractivity contribution >= 4 is 55.4 Å². The number of ether oxygens (including phenoxy) is 4. The smallest absolute Gasteiger partial charge is 0.434 e. The van der Waals surface area contributed by atoms with Crippen LogP contribution >= 0.6 is 0 Å². The van der Waals surface area contributed by atoms with Gasteiger partial charge in [-0.25, -0.2) is 9.59 Å². The van der Waals surface area contributed by atoms with Gasteiger partial charge in [0.15, 0.2) is 0 Å². The zero-order valence-corrected chi connectivity index (χ0v) is 32.8. The van der Waals surface area contributed by atoms with Crippen LogP contribution in [-0.4, -0.2) is 25.5 Å². The maximum atomic E-state index is 13.4. The number of hydrogen-bond acceptors (Lipinski definition) is 6. The van der Waals surface area contributed by atoms with Crippen molar-refractivity contribution in [3.8, 4) is 22.6 Å². The highest BCUT2D eigenvalue weighted by Gasteiger charge is 2.26. The lowest BCUT2D eigenvalue weighted by atomic mass is 9.83. The van der Waals surface area contributed by atoms with E-state index < -0.39 is 12.3 Å². The van der Waals surface area contributed by atoms with Gasteiger partial charge in [0.05, 0.1) is 13.2 Å². The number of aryl methyl sites for hydroxylation is 2. The molecule has 6 nitrogen and oxygen atoms in total. The first-order chi connectivity index (χ1) is 26.3. The summed E-state index contributed by atoms with van der Waals surface area (Å²) in [5.74, 6) is 1.57. The Balaban J connectivity index is 1.53. The van der Waals surface area contributed by atoms with E-state index in [9.17, 15) is 9.59 Å². The van der Waals surface area contributed by atoms with Crippen LogP contribution in [0.2, 0.25) is 0 Å². The van der Waals surface area contributed by atoms with Gasteiger partial charge in [-0.1, -0.05) is 151 Å². The predicted octanol–water partition coefficient (Wildman–Crippen LogP) is 14.0. The van der Waals surface area contributed by atoms with Crippen LogP contribution in [0.4, 0.5) is 9.59 Å². The van der Waals surface area contributed by atoms with Gasteiger partial charge in [0.25, 0.3) is 0 Å². The van der Waals surface area contributed by atoms with Crippen LogP contribution in [-0.2, 0) is 9.47 Å². The molecule has 2 unspecified atom stereocenters. The molecule has 54 heavy (non-hydrogen) atoms. The molecule has 6 aromatic carbocycles. The summed E-state index contributed by atoms with van der Waals surface area (Å²) in [5, 5.41) is 7.10. The minimum atomic E-state index is -0.693. The molecule has 0 amide bonds. The molecule has 0 saturated carbocycles. The average molecular weight is 727 g/mol. The second-order valence-electron chi connectivity index (χ2n) is 14.7. The van der Waals surface area contributed by atoms with Crippen LogP contribution in [0.3, 0.4) is 0 Å². The highest BCUT2D eigenvalue weighted by atomic mass is 16.7. The summed E-state index contributed by atoms with van der Waals surface area (Å²) in [4.78, 5) is 26.8. The van der Waals surface area contributed by atoms with Crippen molar-refractivity contribution < 1.29 is 28.5 Å². The molecule has 0 radical (unpaired) electrons. The number of rotatable bonds is 15. The molecule has 0 aliphatic carbocycles. The first kappa shape index (κ1) is 38.6. The fourth-order valence-electron chi connectivity index (χ4n) is 7.87. The Morgan fingerprint density at radius 2 is 0.870 bits per heavy atom. The van der Waals surface area contributed by atoms with E-state index in [0.29, 0.717) is 36.5 Å². The van der Waals surface area contributed by atoms with Crippen molar-refractivity contribution in [2.24, 2.45) is 11.8 Å². The molecule has 0 aliphatic rings. The number of benzene rings is 6. The summed E-state index contributed by atoms with van der Waals surface area (Å²) in [5.41, 5.74) is 4.13. The summed E-state index contributed by atoms with van der Waals surface area (Å²) in [6.45, 7) is 13.5. The van der Waals surface area contributed by atoms with E-state index in [4.69, 9.17) is 18.9 Å². The fourth-order valence-corrected chi connectivity index (χ4v) is 7.87. The zero-order chi connectivity index (χ0) is 38.2. The van der Waals surface area contributed by atoms with Gasteiger partial charge in [-0.05, 0) is 82.3 Å². The summed E-state index contributed by atoms with van der Waals surface area (Å²) in [6.07, 6.45) is 6.95. The highest BCUT2D eigenvalue weighted by Crippen LogP contribution is 2.51. The second-order valence-corrected chi connectivity index (χ2v) is 14.7. The molecule has 2 atom stereocenters. The minimum Gasteiger partial charge on any atom is -0.434 e. The first-order valence-electron chi connectivity index (χ1n) is 19.9. The van der Waals surface area contributed by atoms with Gasteiger partial charge in [0.2, 0.25) is 0 Å². The molecule has 0 heterocycles. The third kappa shape index (κ3) is 8.03. The molecule has 0 aromatic heterocycles. The van der Waals surface area contributed by atoms with Gasteiger partial charge < -0.3 is 18.9 Å². The Labute approximate surface area is 319 Å². The van der Waals surface area contributed by atoms with E-state index in [-0.39, 0.29) is 0 Å². The molecule has 6 heteroatoms. The monoisotopic (exact) mass is 726 g/mol. The van der Waals surface area contributed by atoms with Gasteiger partial charge in [0, 0.05) is 21.5 Å². The maximum Gasteiger partial charge on any atom is 0.513 e. The summed E-state index contributed by atoms with van der Waals surface area (Å²) >= 11 is 0. The SMILES string of the molecule is CCCCC(CC)COC(=O)Oc1c2ccccc2c(-c2c3ccccc3c(OC(=O)OCC(CC)CCCC)c3cccc(C)c23)c2c(C)cccc12. The molecule has 0 fully saturated rings. The van der Waals surface area contributed by atoms with Gasteiger partial charge in [-0.3, -0.25) is 0 Å². The van der Waals surface area contributed by atoms with Crippen molar-refractivity contribution in [2.45, 2.75) is 92.9 Å². The van der Waals surface area contributed by atoms with Crippen molar-refractivity contribution in [2.75, 3.05) is 13.2 Å². The van der Waals surface area contributed by atoms with Gasteiger partial charge in [-0.2, -0.15) is 0 Å². The maximum absolute atomic E-state index is 13.4. The molecule has 6 aromatic rings. The van der Waals surface area contributed by atoms with E-state index in [1.54, 1.807) is 0 Å². The Bertz CT molecular complexity index is 2110. The third-order valence-corrected chi connectivity index (χ3v) is 11.0.